The Morgan fingerprint density at radius 3 is 2.44 bits per heavy atom. The van der Waals surface area contributed by atoms with Crippen LogP contribution in [0, 0.1) is 30.1 Å². The molecule has 0 radical (unpaired) electrons. The van der Waals surface area contributed by atoms with Crippen molar-refractivity contribution in [3.8, 4) is 12.3 Å². The molecule has 1 fully saturated rings. The van der Waals surface area contributed by atoms with Crippen molar-refractivity contribution in [2.75, 3.05) is 19.3 Å². The maximum Gasteiger partial charge on any atom is 0.243 e. The number of para-hydroxylation sites is 2. The summed E-state index contributed by atoms with van der Waals surface area (Å²) in [5.41, 5.74) is 2.79. The first-order valence-corrected chi connectivity index (χ1v) is 19.3. The smallest absolute Gasteiger partial charge is 0.243 e. The molecule has 2 aromatic carbocycles. The van der Waals surface area contributed by atoms with Gasteiger partial charge in [0.1, 0.15) is 12.1 Å². The minimum absolute atomic E-state index is 0.0523. The molecule has 272 valence electrons. The van der Waals surface area contributed by atoms with Gasteiger partial charge in [-0.25, -0.2) is 13.5 Å². The van der Waals surface area contributed by atoms with Crippen molar-refractivity contribution < 1.29 is 24.0 Å². The molecule has 10 nitrogen and oxygen atoms in total. The fourth-order valence-corrected chi connectivity index (χ4v) is 7.97. The van der Waals surface area contributed by atoms with Gasteiger partial charge in [-0.3, -0.25) is 9.59 Å². The Hall–Kier alpha value is -3.56. The molecule has 1 unspecified atom stereocenters. The topological polar surface area (TPSA) is 137 Å². The highest BCUT2D eigenvalue weighted by Gasteiger charge is 2.34. The van der Waals surface area contributed by atoms with E-state index in [4.69, 9.17) is 6.42 Å². The molecule has 4 N–H and O–H groups in total. The number of nitrogens with zero attached hydrogens (tertiary/aromatic N) is 3. The second-order valence-corrected chi connectivity index (χ2v) is 15.8. The predicted octanol–water partition coefficient (Wildman–Crippen LogP) is 4.22. The number of hydrogen-bond donors (Lipinski definition) is 4. The van der Waals surface area contributed by atoms with Gasteiger partial charge in [0.25, 0.3) is 0 Å². The van der Waals surface area contributed by atoms with Crippen molar-refractivity contribution in [2.24, 2.45) is 17.8 Å². The van der Waals surface area contributed by atoms with E-state index in [0.717, 1.165) is 42.3 Å². The predicted molar refractivity (Wildman–Crippen MR) is 199 cm³/mol. The van der Waals surface area contributed by atoms with Gasteiger partial charge in [-0.05, 0) is 55.8 Å². The lowest BCUT2D eigenvalue weighted by atomic mass is 9.82. The summed E-state index contributed by atoms with van der Waals surface area (Å²) >= 11 is 0. The molecule has 1 aromatic heterocycles. The molecule has 0 spiro atoms. The number of hydrogen-bond acceptors (Lipinski definition) is 6. The Balaban J connectivity index is 1.45. The van der Waals surface area contributed by atoms with Gasteiger partial charge in [0.2, 0.25) is 11.8 Å². The Labute approximate surface area is 300 Å². The first-order valence-electron chi connectivity index (χ1n) is 18.0. The van der Waals surface area contributed by atoms with Crippen LogP contribution < -0.4 is 10.6 Å². The van der Waals surface area contributed by atoms with Crippen molar-refractivity contribution >= 4 is 33.8 Å². The lowest BCUT2D eigenvalue weighted by molar-refractivity contribution is -0.132. The van der Waals surface area contributed by atoms with Crippen molar-refractivity contribution in [2.45, 2.75) is 102 Å². The third kappa shape index (κ3) is 11.8. The van der Waals surface area contributed by atoms with Crippen LogP contribution in [0.25, 0.3) is 11.0 Å². The van der Waals surface area contributed by atoms with Crippen LogP contribution in [0.3, 0.4) is 0 Å². The number of carbonyl (C=O) groups excluding carboxylic acids is 2. The van der Waals surface area contributed by atoms with Gasteiger partial charge in [0, 0.05) is 19.5 Å². The van der Waals surface area contributed by atoms with E-state index in [9.17, 15) is 24.0 Å². The number of amides is 2. The summed E-state index contributed by atoms with van der Waals surface area (Å²) in [5.74, 6) is 1.42. The summed E-state index contributed by atoms with van der Waals surface area (Å²) in [4.78, 5) is 32.2. The largest absolute Gasteiger partial charge is 0.390 e. The molecular formula is C39H55N5O5S. The molecule has 1 saturated carbocycles. The second kappa shape index (κ2) is 19.7. The summed E-state index contributed by atoms with van der Waals surface area (Å²) < 4.78 is 17.4. The third-order valence-electron chi connectivity index (χ3n) is 9.68. The van der Waals surface area contributed by atoms with E-state index in [1.54, 1.807) is 17.7 Å². The summed E-state index contributed by atoms with van der Waals surface area (Å²) in [7, 11) is 0.264. The van der Waals surface area contributed by atoms with Gasteiger partial charge in [-0.2, -0.15) is 0 Å². The third-order valence-corrected chi connectivity index (χ3v) is 11.2. The highest BCUT2D eigenvalue weighted by Crippen LogP contribution is 2.29. The molecule has 1 aliphatic rings. The standard InChI is InChI=1S/C39H55N5O5S/c1-5-14-33(39(48)42-34(25-30-17-10-7-11-18-30)37(46)36(45)23-28(2)3)41-38(47)31(24-29-15-8-6-9-16-29)26-50(49)43(4)21-22-44-27-40-32-19-12-13-20-35(32)44/h1,6,8-9,12-13,15-16,19-20,27-28,30-31,33-34,36-37,45-46H,7,10-11,14,17-18,21-26H2,2-4H3,(H,41,47)(H,42,48)/t31-,33+,34+,36+,37-,50?/m1/s1. The molecule has 1 heterocycles. The van der Waals surface area contributed by atoms with Crippen LogP contribution in [-0.2, 0) is 33.5 Å². The molecule has 1 aliphatic carbocycles. The normalized spacial score (nSPS) is 17.5. The van der Waals surface area contributed by atoms with Crippen LogP contribution in [0.4, 0.5) is 0 Å². The van der Waals surface area contributed by atoms with Crippen LogP contribution >= 0.6 is 0 Å². The minimum Gasteiger partial charge on any atom is -0.390 e. The number of benzene rings is 2. The van der Waals surface area contributed by atoms with Gasteiger partial charge in [-0.15, -0.1) is 12.3 Å². The fourth-order valence-electron chi connectivity index (χ4n) is 6.82. The molecular weight excluding hydrogens is 651 g/mol. The Morgan fingerprint density at radius 2 is 1.74 bits per heavy atom. The molecule has 3 aromatic rings. The summed E-state index contributed by atoms with van der Waals surface area (Å²) in [6.07, 6.45) is 11.9. The van der Waals surface area contributed by atoms with Gasteiger partial charge in [0.05, 0.1) is 52.2 Å². The number of nitrogens with one attached hydrogen (secondary N) is 2. The average molecular weight is 706 g/mol. The average Bonchev–Trinajstić information content (AvgIpc) is 3.53. The van der Waals surface area contributed by atoms with Crippen LogP contribution in [0.2, 0.25) is 0 Å². The van der Waals surface area contributed by atoms with E-state index in [-0.39, 0.29) is 18.1 Å². The summed E-state index contributed by atoms with van der Waals surface area (Å²) in [5, 5.41) is 27.9. The Bertz CT molecular complexity index is 1570. The van der Waals surface area contributed by atoms with Gasteiger partial charge < -0.3 is 25.4 Å². The highest BCUT2D eigenvalue weighted by molar-refractivity contribution is 7.82. The van der Waals surface area contributed by atoms with Crippen LogP contribution in [0.5, 0.6) is 0 Å². The fraction of sp³-hybridized carbons (Fsp3) is 0.564. The maximum absolute atomic E-state index is 13.9. The number of terminal acetylenes is 1. The van der Waals surface area contributed by atoms with Gasteiger partial charge in [0.15, 0.2) is 0 Å². The number of aliphatic hydroxyl groups is 2. The quantitative estimate of drug-likeness (QED) is 0.138. The molecule has 50 heavy (non-hydrogen) atoms. The lowest BCUT2D eigenvalue weighted by Gasteiger charge is -2.33. The number of fused-ring (bicyclic) bond motifs is 1. The molecule has 2 amide bonds. The minimum atomic E-state index is -1.51. The van der Waals surface area contributed by atoms with Crippen molar-refractivity contribution in [1.29, 1.82) is 0 Å². The first kappa shape index (κ1) is 39.2. The van der Waals surface area contributed by atoms with E-state index in [1.807, 2.05) is 73.0 Å². The Kier molecular flexibility index (Phi) is 15.5. The highest BCUT2D eigenvalue weighted by atomic mass is 32.2. The van der Waals surface area contributed by atoms with Gasteiger partial charge in [-0.1, -0.05) is 88.4 Å². The first-order chi connectivity index (χ1) is 24.0. The number of aromatic nitrogens is 2. The number of carbonyl (C=O) groups is 2. The number of imidazole rings is 1. The zero-order valence-electron chi connectivity index (χ0n) is 29.7. The SMILES string of the molecule is C#CC[C@H](NC(=O)[C@H](Cc1ccccc1)CS(=O)N(C)CCn1cnc2ccccc21)C(=O)N[C@@H](CC1CCCCC1)[C@@H](O)[C@@H](O)CC(C)C. The van der Waals surface area contributed by atoms with E-state index >= 15 is 0 Å². The number of rotatable bonds is 19. The summed E-state index contributed by atoms with van der Waals surface area (Å²) in [6, 6.07) is 15.6. The van der Waals surface area contributed by atoms with Crippen LogP contribution in [-0.4, -0.2) is 83.7 Å². The zero-order valence-corrected chi connectivity index (χ0v) is 30.6. The maximum atomic E-state index is 13.9. The van der Waals surface area contributed by atoms with Gasteiger partial charge >= 0.3 is 0 Å². The van der Waals surface area contributed by atoms with Crippen LogP contribution in [0.1, 0.15) is 70.8 Å². The Morgan fingerprint density at radius 1 is 1.04 bits per heavy atom. The molecule has 6 atom stereocenters. The van der Waals surface area contributed by atoms with E-state index in [2.05, 4.69) is 21.5 Å². The second-order valence-electron chi connectivity index (χ2n) is 14.2. The summed E-state index contributed by atoms with van der Waals surface area (Å²) in [6.45, 7) is 4.99. The van der Waals surface area contributed by atoms with Crippen molar-refractivity contribution in [3.63, 3.8) is 0 Å². The molecule has 0 bridgehead atoms. The zero-order chi connectivity index (χ0) is 36.0. The van der Waals surface area contributed by atoms with E-state index < -0.39 is 53.0 Å². The van der Waals surface area contributed by atoms with E-state index in [1.165, 1.54) is 6.42 Å². The van der Waals surface area contributed by atoms with Crippen LogP contribution in [0.15, 0.2) is 60.9 Å². The lowest BCUT2D eigenvalue weighted by Crippen LogP contribution is -2.56. The number of likely N-dealkylation sites (N-methyl/N-ethyl adjacent to an activating group) is 1. The molecule has 11 heteroatoms. The monoisotopic (exact) mass is 705 g/mol. The van der Waals surface area contributed by atoms with E-state index in [0.29, 0.717) is 38.3 Å². The molecule has 0 aliphatic heterocycles. The van der Waals surface area contributed by atoms with Crippen molar-refractivity contribution in [3.05, 3.63) is 66.5 Å². The van der Waals surface area contributed by atoms with Crippen molar-refractivity contribution in [1.82, 2.24) is 24.5 Å². The molecule has 0 saturated heterocycles. The molecule has 4 rings (SSSR count). The number of aliphatic hydroxyl groups excluding tert-OH is 2.